The van der Waals surface area contributed by atoms with Gasteiger partial charge in [-0.3, -0.25) is 4.90 Å². The largest absolute Gasteiger partial charge is 0.493 e. The minimum Gasteiger partial charge on any atom is -0.493 e. The molecule has 0 spiro atoms. The Morgan fingerprint density at radius 1 is 0.971 bits per heavy atom. The van der Waals surface area contributed by atoms with E-state index in [0.29, 0.717) is 12.7 Å². The summed E-state index contributed by atoms with van der Waals surface area (Å²) in [7, 11) is 3.44. The predicted molar refractivity (Wildman–Crippen MR) is 131 cm³/mol. The SMILES string of the molecule is COc1ccc2c(c1OC)CN1CCc3cc4c(cc3C1C2CCc1ccc(Cl)cc1)OCO4. The second-order valence-corrected chi connectivity index (χ2v) is 9.65. The zero-order chi connectivity index (χ0) is 23.2. The molecule has 6 rings (SSSR count). The van der Waals surface area contributed by atoms with E-state index in [9.17, 15) is 0 Å². The Bertz CT molecular complexity index is 1230. The molecule has 3 heterocycles. The maximum atomic E-state index is 6.13. The molecular weight excluding hydrogens is 450 g/mol. The summed E-state index contributed by atoms with van der Waals surface area (Å²) in [6.45, 7) is 2.13. The van der Waals surface area contributed by atoms with Crippen LogP contribution in [0.5, 0.6) is 23.0 Å². The van der Waals surface area contributed by atoms with Crippen LogP contribution in [-0.2, 0) is 19.4 Å². The number of ether oxygens (including phenoxy) is 4. The predicted octanol–water partition coefficient (Wildman–Crippen LogP) is 5.92. The third-order valence-electron chi connectivity index (χ3n) is 7.50. The number of nitrogens with zero attached hydrogens (tertiary/aromatic N) is 1. The van der Waals surface area contributed by atoms with Crippen molar-refractivity contribution in [3.8, 4) is 23.0 Å². The van der Waals surface area contributed by atoms with E-state index in [-0.39, 0.29) is 6.04 Å². The molecule has 0 aliphatic carbocycles. The van der Waals surface area contributed by atoms with Crippen molar-refractivity contribution in [1.82, 2.24) is 4.90 Å². The zero-order valence-corrected chi connectivity index (χ0v) is 20.2. The molecule has 0 bridgehead atoms. The highest BCUT2D eigenvalue weighted by Gasteiger charge is 2.41. The highest BCUT2D eigenvalue weighted by molar-refractivity contribution is 6.30. The first kappa shape index (κ1) is 21.6. The van der Waals surface area contributed by atoms with Gasteiger partial charge in [-0.15, -0.1) is 0 Å². The van der Waals surface area contributed by atoms with E-state index in [4.69, 9.17) is 30.5 Å². The summed E-state index contributed by atoms with van der Waals surface area (Å²) in [5.41, 5.74) is 6.61. The van der Waals surface area contributed by atoms with Crippen LogP contribution in [-0.4, -0.2) is 32.5 Å². The monoisotopic (exact) mass is 477 g/mol. The molecule has 2 unspecified atom stereocenters. The highest BCUT2D eigenvalue weighted by atomic mass is 35.5. The van der Waals surface area contributed by atoms with E-state index in [1.54, 1.807) is 14.2 Å². The standard InChI is InChI=1S/C28H28ClNO4/c1-31-24-10-9-20-21(8-5-17-3-6-19(29)7-4-17)27-22-14-26-25(33-16-34-26)13-18(22)11-12-30(27)15-23(20)28(24)32-2/h3-4,6-7,9-10,13-14,21,27H,5,8,11-12,15-16H2,1-2H3. The second kappa shape index (κ2) is 8.71. The number of fused-ring (bicyclic) bond motifs is 5. The van der Waals surface area contributed by atoms with Crippen LogP contribution in [0.25, 0.3) is 0 Å². The first-order chi connectivity index (χ1) is 16.7. The maximum absolute atomic E-state index is 6.13. The Labute approximate surface area is 205 Å². The quantitative estimate of drug-likeness (QED) is 0.456. The molecule has 3 aromatic carbocycles. The third-order valence-corrected chi connectivity index (χ3v) is 7.75. The Morgan fingerprint density at radius 3 is 2.53 bits per heavy atom. The summed E-state index contributed by atoms with van der Waals surface area (Å²) in [4.78, 5) is 2.60. The number of aryl methyl sites for hydroxylation is 1. The average Bonchev–Trinajstić information content (AvgIpc) is 3.32. The molecule has 0 N–H and O–H groups in total. The summed E-state index contributed by atoms with van der Waals surface area (Å²) in [5.74, 6) is 3.67. The van der Waals surface area contributed by atoms with Crippen molar-refractivity contribution >= 4 is 11.6 Å². The Hall–Kier alpha value is -2.89. The Balaban J connectivity index is 1.45. The van der Waals surface area contributed by atoms with Crippen molar-refractivity contribution in [1.29, 1.82) is 0 Å². The average molecular weight is 478 g/mol. The molecule has 0 radical (unpaired) electrons. The van der Waals surface area contributed by atoms with Gasteiger partial charge in [-0.25, -0.2) is 0 Å². The lowest BCUT2D eigenvalue weighted by Gasteiger charge is -2.46. The van der Waals surface area contributed by atoms with Gasteiger partial charge < -0.3 is 18.9 Å². The maximum Gasteiger partial charge on any atom is 0.231 e. The minimum absolute atomic E-state index is 0.274. The highest BCUT2D eigenvalue weighted by Crippen LogP contribution is 2.53. The van der Waals surface area contributed by atoms with Crippen molar-refractivity contribution in [3.63, 3.8) is 0 Å². The summed E-state index contributed by atoms with van der Waals surface area (Å²) in [5, 5.41) is 0.770. The van der Waals surface area contributed by atoms with Crippen molar-refractivity contribution < 1.29 is 18.9 Å². The molecule has 0 fully saturated rings. The molecule has 0 aromatic heterocycles. The molecule has 3 aliphatic heterocycles. The summed E-state index contributed by atoms with van der Waals surface area (Å²) >= 11 is 6.13. The van der Waals surface area contributed by atoms with Gasteiger partial charge in [-0.1, -0.05) is 29.8 Å². The van der Waals surface area contributed by atoms with Crippen LogP contribution in [0, 0.1) is 0 Å². The van der Waals surface area contributed by atoms with Crippen molar-refractivity contribution in [2.75, 3.05) is 27.6 Å². The molecule has 176 valence electrons. The van der Waals surface area contributed by atoms with E-state index < -0.39 is 0 Å². The van der Waals surface area contributed by atoms with E-state index in [1.807, 2.05) is 18.2 Å². The van der Waals surface area contributed by atoms with Crippen molar-refractivity contribution in [3.05, 3.63) is 81.4 Å². The van der Waals surface area contributed by atoms with Crippen LogP contribution in [0.1, 0.15) is 46.2 Å². The second-order valence-electron chi connectivity index (χ2n) is 9.21. The van der Waals surface area contributed by atoms with Gasteiger partial charge in [0.25, 0.3) is 0 Å². The van der Waals surface area contributed by atoms with Gasteiger partial charge in [0.15, 0.2) is 23.0 Å². The van der Waals surface area contributed by atoms with Gasteiger partial charge in [0.1, 0.15) is 0 Å². The molecule has 3 aliphatic rings. The van der Waals surface area contributed by atoms with Crippen LogP contribution >= 0.6 is 11.6 Å². The number of rotatable bonds is 5. The lowest BCUT2D eigenvalue weighted by atomic mass is 9.74. The topological polar surface area (TPSA) is 40.2 Å². The minimum atomic E-state index is 0.274. The van der Waals surface area contributed by atoms with Gasteiger partial charge >= 0.3 is 0 Å². The lowest BCUT2D eigenvalue weighted by Crippen LogP contribution is -2.42. The molecule has 0 saturated heterocycles. The molecule has 5 nitrogen and oxygen atoms in total. The Morgan fingerprint density at radius 2 is 1.76 bits per heavy atom. The molecule has 34 heavy (non-hydrogen) atoms. The number of benzene rings is 3. The summed E-state index contributed by atoms with van der Waals surface area (Å²) < 4.78 is 22.9. The normalized spacial score (nSPS) is 20.3. The third kappa shape index (κ3) is 3.58. The van der Waals surface area contributed by atoms with Crippen LogP contribution in [0.4, 0.5) is 0 Å². The smallest absolute Gasteiger partial charge is 0.231 e. The zero-order valence-electron chi connectivity index (χ0n) is 19.5. The van der Waals surface area contributed by atoms with E-state index in [0.717, 1.165) is 60.4 Å². The first-order valence-electron chi connectivity index (χ1n) is 11.8. The summed E-state index contributed by atoms with van der Waals surface area (Å²) in [6, 6.07) is 17.2. The molecule has 0 amide bonds. The van der Waals surface area contributed by atoms with E-state index in [1.165, 1.54) is 27.8 Å². The van der Waals surface area contributed by atoms with Crippen molar-refractivity contribution in [2.45, 2.75) is 37.8 Å². The van der Waals surface area contributed by atoms with Crippen LogP contribution < -0.4 is 18.9 Å². The first-order valence-corrected chi connectivity index (χ1v) is 12.2. The van der Waals surface area contributed by atoms with Gasteiger partial charge in [0, 0.05) is 35.6 Å². The molecular formula is C28H28ClNO4. The molecule has 6 heteroatoms. The van der Waals surface area contributed by atoms with E-state index >= 15 is 0 Å². The molecule has 3 aromatic rings. The Kier molecular flexibility index (Phi) is 5.54. The van der Waals surface area contributed by atoms with Crippen LogP contribution in [0.3, 0.4) is 0 Å². The van der Waals surface area contributed by atoms with Crippen LogP contribution in [0.15, 0.2) is 48.5 Å². The number of halogens is 1. The van der Waals surface area contributed by atoms with Gasteiger partial charge in [-0.2, -0.15) is 0 Å². The van der Waals surface area contributed by atoms with Gasteiger partial charge in [0.05, 0.1) is 14.2 Å². The number of methoxy groups -OCH3 is 2. The fraction of sp³-hybridized carbons (Fsp3) is 0.357. The van der Waals surface area contributed by atoms with Crippen LogP contribution in [0.2, 0.25) is 5.02 Å². The number of hydrogen-bond acceptors (Lipinski definition) is 5. The van der Waals surface area contributed by atoms with E-state index in [2.05, 4.69) is 35.2 Å². The summed E-state index contributed by atoms with van der Waals surface area (Å²) in [6.07, 6.45) is 2.98. The van der Waals surface area contributed by atoms with Gasteiger partial charge in [0.2, 0.25) is 6.79 Å². The van der Waals surface area contributed by atoms with Gasteiger partial charge in [-0.05, 0) is 71.8 Å². The fourth-order valence-electron chi connectivity index (χ4n) is 5.92. The van der Waals surface area contributed by atoms with Crippen molar-refractivity contribution in [2.24, 2.45) is 0 Å². The lowest BCUT2D eigenvalue weighted by molar-refractivity contribution is 0.127. The molecule has 0 saturated carbocycles. The molecule has 2 atom stereocenters. The number of hydrogen-bond donors (Lipinski definition) is 0. The fourth-order valence-corrected chi connectivity index (χ4v) is 6.04.